The summed E-state index contributed by atoms with van der Waals surface area (Å²) in [6, 6.07) is 21.3. The molecular formula is C25H28ClNO2. The molecule has 4 heteroatoms. The summed E-state index contributed by atoms with van der Waals surface area (Å²) < 4.78 is 12.2. The summed E-state index contributed by atoms with van der Waals surface area (Å²) >= 11 is 0. The Balaban J connectivity index is 0.00000240. The fourth-order valence-electron chi connectivity index (χ4n) is 3.58. The molecule has 0 aliphatic carbocycles. The van der Waals surface area contributed by atoms with Gasteiger partial charge in [0.2, 0.25) is 0 Å². The molecule has 1 aliphatic heterocycles. The Morgan fingerprint density at radius 1 is 0.931 bits per heavy atom. The molecule has 0 unspecified atom stereocenters. The van der Waals surface area contributed by atoms with Gasteiger partial charge in [0.15, 0.2) is 0 Å². The maximum Gasteiger partial charge on any atom is 0.132 e. The van der Waals surface area contributed by atoms with Crippen LogP contribution >= 0.6 is 12.4 Å². The normalized spacial score (nSPS) is 14.6. The molecule has 0 amide bonds. The molecule has 0 radical (unpaired) electrons. The van der Waals surface area contributed by atoms with Gasteiger partial charge in [0.1, 0.15) is 23.7 Å². The topological polar surface area (TPSA) is 21.7 Å². The first-order valence-corrected chi connectivity index (χ1v) is 9.74. The molecule has 3 aromatic carbocycles. The molecule has 0 N–H and O–H groups in total. The van der Waals surface area contributed by atoms with E-state index in [1.807, 2.05) is 26.2 Å². The molecule has 3 nitrogen and oxygen atoms in total. The predicted molar refractivity (Wildman–Crippen MR) is 123 cm³/mol. The SMILES string of the molecule is CN(C)CCOc1ccc2c(c1)OC(C)(C)C=C2c1ccc2ccccc2c1.Cl. The summed E-state index contributed by atoms with van der Waals surface area (Å²) in [7, 11) is 4.09. The van der Waals surface area contributed by atoms with Crippen LogP contribution in [0.3, 0.4) is 0 Å². The first-order valence-electron chi connectivity index (χ1n) is 9.74. The Hall–Kier alpha value is -2.49. The standard InChI is InChI=1S/C25H27NO2.ClH/c1-25(2)17-23(20-10-9-18-7-5-6-8-19(18)15-20)22-12-11-21(16-24(22)28-25)27-14-13-26(3)4;/h5-12,15-17H,13-14H2,1-4H3;1H. The van der Waals surface area contributed by atoms with Crippen molar-refractivity contribution in [2.75, 3.05) is 27.2 Å². The highest BCUT2D eigenvalue weighted by Gasteiger charge is 2.27. The van der Waals surface area contributed by atoms with Crippen LogP contribution in [0.5, 0.6) is 11.5 Å². The number of hydrogen-bond donors (Lipinski definition) is 0. The Labute approximate surface area is 179 Å². The minimum Gasteiger partial charge on any atom is -0.492 e. The average molecular weight is 410 g/mol. The van der Waals surface area contributed by atoms with Gasteiger partial charge in [-0.25, -0.2) is 0 Å². The van der Waals surface area contributed by atoms with E-state index in [9.17, 15) is 0 Å². The van der Waals surface area contributed by atoms with Gasteiger partial charge in [0.25, 0.3) is 0 Å². The minimum absolute atomic E-state index is 0. The second kappa shape index (κ2) is 8.48. The zero-order valence-electron chi connectivity index (χ0n) is 17.4. The number of likely N-dealkylation sites (N-methyl/N-ethyl adjacent to an activating group) is 1. The van der Waals surface area contributed by atoms with Crippen molar-refractivity contribution < 1.29 is 9.47 Å². The number of benzene rings is 3. The second-order valence-corrected chi connectivity index (χ2v) is 8.14. The summed E-state index contributed by atoms with van der Waals surface area (Å²) in [5, 5.41) is 2.50. The third-order valence-corrected chi connectivity index (χ3v) is 4.98. The summed E-state index contributed by atoms with van der Waals surface area (Å²) in [4.78, 5) is 2.11. The van der Waals surface area contributed by atoms with E-state index in [1.54, 1.807) is 0 Å². The first kappa shape index (κ1) is 21.2. The summed E-state index contributed by atoms with van der Waals surface area (Å²) in [5.74, 6) is 1.72. The van der Waals surface area contributed by atoms with Gasteiger partial charge >= 0.3 is 0 Å². The highest BCUT2D eigenvalue weighted by atomic mass is 35.5. The fourth-order valence-corrected chi connectivity index (χ4v) is 3.58. The molecule has 0 saturated carbocycles. The number of nitrogens with zero attached hydrogens (tertiary/aromatic N) is 1. The molecule has 1 aliphatic rings. The number of halogens is 1. The van der Waals surface area contributed by atoms with Crippen LogP contribution in [0.2, 0.25) is 0 Å². The Morgan fingerprint density at radius 3 is 2.45 bits per heavy atom. The number of hydrogen-bond acceptors (Lipinski definition) is 3. The van der Waals surface area contributed by atoms with Crippen LogP contribution in [0, 0.1) is 0 Å². The lowest BCUT2D eigenvalue weighted by Gasteiger charge is -2.31. The number of rotatable bonds is 5. The third kappa shape index (κ3) is 4.75. The van der Waals surface area contributed by atoms with Gasteiger partial charge in [-0.05, 0) is 74.1 Å². The van der Waals surface area contributed by atoms with Crippen LogP contribution in [0.1, 0.15) is 25.0 Å². The quantitative estimate of drug-likeness (QED) is 0.531. The molecule has 0 fully saturated rings. The van der Waals surface area contributed by atoms with Gasteiger partial charge in [-0.15, -0.1) is 12.4 Å². The maximum absolute atomic E-state index is 6.26. The fraction of sp³-hybridized carbons (Fsp3) is 0.280. The Kier molecular flexibility index (Phi) is 6.21. The van der Waals surface area contributed by atoms with Gasteiger partial charge in [-0.2, -0.15) is 0 Å². The molecule has 0 saturated heterocycles. The van der Waals surface area contributed by atoms with E-state index in [1.165, 1.54) is 21.9 Å². The molecule has 29 heavy (non-hydrogen) atoms. The lowest BCUT2D eigenvalue weighted by molar-refractivity contribution is 0.157. The summed E-state index contributed by atoms with van der Waals surface area (Å²) in [5.41, 5.74) is 3.14. The smallest absolute Gasteiger partial charge is 0.132 e. The molecule has 152 valence electrons. The van der Waals surface area contributed by atoms with Crippen LogP contribution in [0.15, 0.2) is 66.7 Å². The van der Waals surface area contributed by atoms with Crippen LogP contribution in [-0.2, 0) is 0 Å². The number of fused-ring (bicyclic) bond motifs is 2. The van der Waals surface area contributed by atoms with Gasteiger partial charge in [0, 0.05) is 18.2 Å². The Bertz CT molecular complexity index is 1040. The maximum atomic E-state index is 6.26. The van der Waals surface area contributed by atoms with Gasteiger partial charge in [-0.3, -0.25) is 0 Å². The summed E-state index contributed by atoms with van der Waals surface area (Å²) in [6.07, 6.45) is 2.21. The van der Waals surface area contributed by atoms with E-state index in [0.29, 0.717) is 6.61 Å². The molecule has 0 bridgehead atoms. The molecule has 0 spiro atoms. The van der Waals surface area contributed by atoms with E-state index in [4.69, 9.17) is 9.47 Å². The van der Waals surface area contributed by atoms with Gasteiger partial charge in [-0.1, -0.05) is 36.4 Å². The average Bonchev–Trinajstić information content (AvgIpc) is 2.65. The highest BCUT2D eigenvalue weighted by Crippen LogP contribution is 2.41. The number of ether oxygens (including phenoxy) is 2. The lowest BCUT2D eigenvalue weighted by Crippen LogP contribution is -2.29. The van der Waals surface area contributed by atoms with Gasteiger partial charge in [0.05, 0.1) is 0 Å². The summed E-state index contributed by atoms with van der Waals surface area (Å²) in [6.45, 7) is 5.72. The predicted octanol–water partition coefficient (Wildman–Crippen LogP) is 5.80. The molecule has 4 rings (SSSR count). The van der Waals surface area contributed by atoms with E-state index in [0.717, 1.165) is 23.6 Å². The largest absolute Gasteiger partial charge is 0.492 e. The Morgan fingerprint density at radius 2 is 1.69 bits per heavy atom. The van der Waals surface area contributed by atoms with E-state index >= 15 is 0 Å². The van der Waals surface area contributed by atoms with Crippen molar-refractivity contribution in [2.24, 2.45) is 0 Å². The third-order valence-electron chi connectivity index (χ3n) is 4.98. The second-order valence-electron chi connectivity index (χ2n) is 8.14. The van der Waals surface area contributed by atoms with E-state index < -0.39 is 0 Å². The van der Waals surface area contributed by atoms with Crippen LogP contribution in [0.25, 0.3) is 16.3 Å². The minimum atomic E-state index is -0.379. The lowest BCUT2D eigenvalue weighted by atomic mass is 9.89. The zero-order valence-corrected chi connectivity index (χ0v) is 18.3. The van der Waals surface area contributed by atoms with E-state index in [2.05, 4.69) is 73.4 Å². The molecule has 3 aromatic rings. The molecule has 1 heterocycles. The zero-order chi connectivity index (χ0) is 19.7. The van der Waals surface area contributed by atoms with Crippen LogP contribution in [-0.4, -0.2) is 37.7 Å². The van der Waals surface area contributed by atoms with Crippen molar-refractivity contribution >= 4 is 28.8 Å². The highest BCUT2D eigenvalue weighted by molar-refractivity contribution is 5.91. The van der Waals surface area contributed by atoms with E-state index in [-0.39, 0.29) is 18.0 Å². The van der Waals surface area contributed by atoms with Crippen molar-refractivity contribution in [1.82, 2.24) is 4.90 Å². The molecular weight excluding hydrogens is 382 g/mol. The molecule has 0 atom stereocenters. The van der Waals surface area contributed by atoms with Crippen LogP contribution < -0.4 is 9.47 Å². The molecule has 0 aromatic heterocycles. The van der Waals surface area contributed by atoms with Gasteiger partial charge < -0.3 is 14.4 Å². The van der Waals surface area contributed by atoms with Crippen molar-refractivity contribution in [3.8, 4) is 11.5 Å². The monoisotopic (exact) mass is 409 g/mol. The van der Waals surface area contributed by atoms with Crippen molar-refractivity contribution in [3.05, 3.63) is 77.9 Å². The van der Waals surface area contributed by atoms with Crippen LogP contribution in [0.4, 0.5) is 0 Å². The van der Waals surface area contributed by atoms with Crippen molar-refractivity contribution in [3.63, 3.8) is 0 Å². The first-order chi connectivity index (χ1) is 13.4. The van der Waals surface area contributed by atoms with Crippen molar-refractivity contribution in [2.45, 2.75) is 19.4 Å². The van der Waals surface area contributed by atoms with Crippen molar-refractivity contribution in [1.29, 1.82) is 0 Å².